The van der Waals surface area contributed by atoms with E-state index in [1.54, 1.807) is 19.1 Å². The minimum absolute atomic E-state index is 0.396. The van der Waals surface area contributed by atoms with E-state index in [4.69, 9.17) is 43.3 Å². The summed E-state index contributed by atoms with van der Waals surface area (Å²) in [4.78, 5) is 10.8. The van der Waals surface area contributed by atoms with Gasteiger partial charge in [-0.05, 0) is 24.1 Å². The molecule has 2 unspecified atom stereocenters. The van der Waals surface area contributed by atoms with Gasteiger partial charge in [-0.3, -0.25) is 13.9 Å². The number of ether oxygens (including phenoxy) is 1. The fraction of sp³-hybridized carbons (Fsp3) is 0.381. The van der Waals surface area contributed by atoms with Crippen LogP contribution in [0.4, 0.5) is 4.39 Å². The van der Waals surface area contributed by atoms with Crippen molar-refractivity contribution < 1.29 is 57.0 Å². The molecule has 196 valence electrons. The summed E-state index contributed by atoms with van der Waals surface area (Å²) >= 11 is 0. The summed E-state index contributed by atoms with van der Waals surface area (Å²) in [6.07, 6.45) is -4.85. The molecule has 9 N–H and O–H groups in total. The Morgan fingerprint density at radius 1 is 1.09 bits per heavy atom. The normalized spacial score (nSPS) is 24.8. The Labute approximate surface area is 200 Å². The highest BCUT2D eigenvalue weighted by molar-refractivity contribution is 7.79. The molecular weight excluding hydrogens is 493 g/mol. The molecule has 1 aliphatic heterocycles. The molecule has 0 bridgehead atoms. The summed E-state index contributed by atoms with van der Waals surface area (Å²) in [6, 6.07) is 12.7. The predicted molar refractivity (Wildman–Crippen MR) is 120 cm³/mol. The lowest BCUT2D eigenvalue weighted by Gasteiger charge is -2.38. The maximum Gasteiger partial charge on any atom is 0.394 e. The van der Waals surface area contributed by atoms with Crippen LogP contribution in [0.25, 0.3) is 11.1 Å². The number of aliphatic carboxylic acids is 1. The first-order valence-electron chi connectivity index (χ1n) is 10.0. The standard InChI is InChI=1S/C15H13FO2.C6H13NO5.H2O4S/c1-10(15(17)18)12-7-8-13(14(16)9-12)11-5-3-2-4-6-11;7-3-5(10)4(9)2(1-8)12-6(3)11;1-5(2,3)4/h2-10H,1H3,(H,17,18);2-6,8-11H,1,7H2;(H2,1,2,3,4)/t;2-,3-,4-,5-,6?;/m.1./s1. The van der Waals surface area contributed by atoms with Crippen LogP contribution in [-0.4, -0.2) is 86.3 Å². The van der Waals surface area contributed by atoms with Gasteiger partial charge in [0.2, 0.25) is 0 Å². The lowest BCUT2D eigenvalue weighted by Crippen LogP contribution is -2.61. The molecule has 2 aromatic rings. The Bertz CT molecular complexity index is 1040. The van der Waals surface area contributed by atoms with Crippen molar-refractivity contribution in [3.05, 3.63) is 59.9 Å². The number of hydrogen-bond donors (Lipinski definition) is 8. The summed E-state index contributed by atoms with van der Waals surface area (Å²) < 4.78 is 50.3. The third-order valence-corrected chi connectivity index (χ3v) is 4.90. The zero-order valence-electron chi connectivity index (χ0n) is 18.4. The van der Waals surface area contributed by atoms with Gasteiger partial charge in [0.05, 0.1) is 18.6 Å². The molecule has 1 aliphatic rings. The Morgan fingerprint density at radius 2 is 1.63 bits per heavy atom. The van der Waals surface area contributed by atoms with Gasteiger partial charge in [0.1, 0.15) is 24.1 Å². The molecule has 1 saturated heterocycles. The maximum absolute atomic E-state index is 14.0. The summed E-state index contributed by atoms with van der Waals surface area (Å²) in [5.74, 6) is -2.06. The SMILES string of the molecule is CC(C(=O)O)c1ccc(-c2ccccc2)c(F)c1.N[C@H]1C(O)O[C@H](CO)[C@@H](O)[C@@H]1O.O=S(=O)(O)O. The summed E-state index contributed by atoms with van der Waals surface area (Å²) in [5.41, 5.74) is 7.00. The summed E-state index contributed by atoms with van der Waals surface area (Å²) in [5, 5.41) is 45.0. The van der Waals surface area contributed by atoms with Crippen molar-refractivity contribution in [3.8, 4) is 11.1 Å². The van der Waals surface area contributed by atoms with Crippen molar-refractivity contribution in [2.24, 2.45) is 5.73 Å². The predicted octanol–water partition coefficient (Wildman–Crippen LogP) is -0.227. The lowest BCUT2D eigenvalue weighted by molar-refractivity contribution is -0.248. The second-order valence-corrected chi connectivity index (χ2v) is 8.31. The molecule has 14 heteroatoms. The molecule has 12 nitrogen and oxygen atoms in total. The minimum Gasteiger partial charge on any atom is -0.481 e. The monoisotopic (exact) mass is 521 g/mol. The number of carboxylic acids is 1. The minimum atomic E-state index is -4.67. The Kier molecular flexibility index (Phi) is 11.8. The molecule has 0 amide bonds. The molecule has 1 heterocycles. The average Bonchev–Trinajstić information content (AvgIpc) is 2.79. The maximum atomic E-state index is 14.0. The number of aliphatic hydroxyl groups is 4. The first-order valence-corrected chi connectivity index (χ1v) is 11.4. The summed E-state index contributed by atoms with van der Waals surface area (Å²) in [6.45, 7) is 1.07. The molecule has 0 spiro atoms. The molecule has 3 rings (SSSR count). The molecule has 35 heavy (non-hydrogen) atoms. The van der Waals surface area contributed by atoms with E-state index in [0.717, 1.165) is 5.56 Å². The highest BCUT2D eigenvalue weighted by Gasteiger charge is 2.41. The number of halogens is 1. The van der Waals surface area contributed by atoms with E-state index in [1.165, 1.54) is 6.07 Å². The van der Waals surface area contributed by atoms with Crippen LogP contribution in [-0.2, 0) is 19.9 Å². The smallest absolute Gasteiger partial charge is 0.394 e. The largest absolute Gasteiger partial charge is 0.481 e. The number of aliphatic hydroxyl groups excluding tert-OH is 4. The van der Waals surface area contributed by atoms with Crippen LogP contribution < -0.4 is 5.73 Å². The number of hydrogen-bond acceptors (Lipinski definition) is 9. The van der Waals surface area contributed by atoms with E-state index >= 15 is 0 Å². The van der Waals surface area contributed by atoms with Gasteiger partial charge < -0.3 is 36.0 Å². The van der Waals surface area contributed by atoms with Crippen molar-refractivity contribution in [2.75, 3.05) is 6.61 Å². The van der Waals surface area contributed by atoms with Crippen molar-refractivity contribution in [2.45, 2.75) is 43.5 Å². The van der Waals surface area contributed by atoms with Gasteiger partial charge in [-0.25, -0.2) is 4.39 Å². The van der Waals surface area contributed by atoms with Crippen molar-refractivity contribution >= 4 is 16.4 Å². The first kappa shape index (κ1) is 30.5. The Balaban J connectivity index is 0.000000310. The number of carbonyl (C=O) groups is 1. The van der Waals surface area contributed by atoms with Crippen molar-refractivity contribution in [3.63, 3.8) is 0 Å². The molecular formula is C21H28FNO11S. The third kappa shape index (κ3) is 9.93. The van der Waals surface area contributed by atoms with Crippen LogP contribution >= 0.6 is 0 Å². The quantitative estimate of drug-likeness (QED) is 0.244. The van der Waals surface area contributed by atoms with Gasteiger partial charge >= 0.3 is 16.4 Å². The topological polar surface area (TPSA) is 228 Å². The molecule has 1 fully saturated rings. The van der Waals surface area contributed by atoms with Crippen LogP contribution in [0.1, 0.15) is 18.4 Å². The van der Waals surface area contributed by atoms with Crippen molar-refractivity contribution in [1.82, 2.24) is 0 Å². The van der Waals surface area contributed by atoms with Gasteiger partial charge in [-0.2, -0.15) is 8.42 Å². The van der Waals surface area contributed by atoms with Gasteiger partial charge in [-0.1, -0.05) is 42.5 Å². The van der Waals surface area contributed by atoms with Gasteiger partial charge in [-0.15, -0.1) is 0 Å². The highest BCUT2D eigenvalue weighted by Crippen LogP contribution is 2.26. The fourth-order valence-electron chi connectivity index (χ4n) is 2.91. The van der Waals surface area contributed by atoms with E-state index < -0.39 is 65.4 Å². The zero-order chi connectivity index (χ0) is 26.9. The van der Waals surface area contributed by atoms with E-state index in [-0.39, 0.29) is 0 Å². The molecule has 0 radical (unpaired) electrons. The number of benzene rings is 2. The number of nitrogens with two attached hydrogens (primary N) is 1. The molecule has 0 aromatic heterocycles. The average molecular weight is 522 g/mol. The zero-order valence-corrected chi connectivity index (χ0v) is 19.2. The van der Waals surface area contributed by atoms with Gasteiger partial charge in [0.15, 0.2) is 6.29 Å². The van der Waals surface area contributed by atoms with E-state index in [0.29, 0.717) is 11.1 Å². The van der Waals surface area contributed by atoms with Crippen LogP contribution in [0.2, 0.25) is 0 Å². The first-order chi connectivity index (χ1) is 16.2. The summed E-state index contributed by atoms with van der Waals surface area (Å²) in [7, 11) is -4.67. The lowest BCUT2D eigenvalue weighted by atomic mass is 9.97. The van der Waals surface area contributed by atoms with Crippen LogP contribution in [0.3, 0.4) is 0 Å². The van der Waals surface area contributed by atoms with Crippen LogP contribution in [0.15, 0.2) is 48.5 Å². The van der Waals surface area contributed by atoms with Crippen molar-refractivity contribution in [1.29, 1.82) is 0 Å². The van der Waals surface area contributed by atoms with Crippen LogP contribution in [0.5, 0.6) is 0 Å². The Hall–Kier alpha value is -2.53. The molecule has 2 aromatic carbocycles. The highest BCUT2D eigenvalue weighted by atomic mass is 32.3. The number of rotatable bonds is 4. The number of carboxylic acid groups (broad SMARTS) is 1. The van der Waals surface area contributed by atoms with E-state index in [1.807, 2.05) is 30.3 Å². The van der Waals surface area contributed by atoms with Crippen LogP contribution in [0, 0.1) is 5.82 Å². The fourth-order valence-corrected chi connectivity index (χ4v) is 2.91. The Morgan fingerprint density at radius 3 is 2.09 bits per heavy atom. The van der Waals surface area contributed by atoms with E-state index in [2.05, 4.69) is 0 Å². The van der Waals surface area contributed by atoms with Gasteiger partial charge in [0.25, 0.3) is 0 Å². The third-order valence-electron chi connectivity index (χ3n) is 4.90. The second kappa shape index (κ2) is 13.5. The molecule has 0 aliphatic carbocycles. The van der Waals surface area contributed by atoms with Gasteiger partial charge in [0, 0.05) is 5.56 Å². The molecule has 6 atom stereocenters. The van der Waals surface area contributed by atoms with E-state index in [9.17, 15) is 19.4 Å². The molecule has 0 saturated carbocycles. The second-order valence-electron chi connectivity index (χ2n) is 7.42.